The van der Waals surface area contributed by atoms with E-state index in [9.17, 15) is 14.0 Å². The Kier molecular flexibility index (Phi) is 5.17. The van der Waals surface area contributed by atoms with E-state index in [-0.39, 0.29) is 35.4 Å². The van der Waals surface area contributed by atoms with Crippen molar-refractivity contribution < 1.29 is 14.0 Å². The Labute approximate surface area is 142 Å². The molecule has 0 bridgehead atoms. The SMILES string of the molecule is CCCCNC(=O)[C@@H]1CN(C(=O)C2CC2)C[C@@H]1c1cccc(F)c1. The maximum Gasteiger partial charge on any atom is 0.225 e. The number of hydrogen-bond acceptors (Lipinski definition) is 2. The normalized spacial score (nSPS) is 23.3. The van der Waals surface area contributed by atoms with Crippen LogP contribution in [0.3, 0.4) is 0 Å². The Bertz CT molecular complexity index is 615. The molecule has 1 saturated carbocycles. The maximum absolute atomic E-state index is 13.6. The first-order valence-corrected chi connectivity index (χ1v) is 8.92. The number of carbonyl (C=O) groups is 2. The van der Waals surface area contributed by atoms with Crippen LogP contribution < -0.4 is 5.32 Å². The second-order valence-corrected chi connectivity index (χ2v) is 6.93. The molecule has 4 nitrogen and oxygen atoms in total. The zero-order valence-corrected chi connectivity index (χ0v) is 14.1. The highest BCUT2D eigenvalue weighted by Crippen LogP contribution is 2.38. The summed E-state index contributed by atoms with van der Waals surface area (Å²) in [6.45, 7) is 3.67. The zero-order chi connectivity index (χ0) is 17.1. The van der Waals surface area contributed by atoms with Crippen molar-refractivity contribution in [3.63, 3.8) is 0 Å². The summed E-state index contributed by atoms with van der Waals surface area (Å²) in [6, 6.07) is 6.41. The summed E-state index contributed by atoms with van der Waals surface area (Å²) in [7, 11) is 0. The molecule has 1 heterocycles. The lowest BCUT2D eigenvalue weighted by atomic mass is 9.88. The molecular weight excluding hydrogens is 307 g/mol. The van der Waals surface area contributed by atoms with Crippen LogP contribution >= 0.6 is 0 Å². The van der Waals surface area contributed by atoms with Gasteiger partial charge >= 0.3 is 0 Å². The Morgan fingerprint density at radius 3 is 2.75 bits per heavy atom. The Morgan fingerprint density at radius 1 is 1.29 bits per heavy atom. The average Bonchev–Trinajstić information content (AvgIpc) is 3.32. The fraction of sp³-hybridized carbons (Fsp3) is 0.579. The number of amides is 2. The molecule has 24 heavy (non-hydrogen) atoms. The average molecular weight is 332 g/mol. The summed E-state index contributed by atoms with van der Waals surface area (Å²) in [4.78, 5) is 26.8. The molecule has 1 aliphatic carbocycles. The van der Waals surface area contributed by atoms with E-state index in [0.717, 1.165) is 31.2 Å². The highest BCUT2D eigenvalue weighted by molar-refractivity contribution is 5.85. The quantitative estimate of drug-likeness (QED) is 0.814. The van der Waals surface area contributed by atoms with Gasteiger partial charge in [0, 0.05) is 31.5 Å². The molecule has 2 atom stereocenters. The third-order valence-corrected chi connectivity index (χ3v) is 5.00. The molecule has 0 aromatic heterocycles. The summed E-state index contributed by atoms with van der Waals surface area (Å²) >= 11 is 0. The van der Waals surface area contributed by atoms with Gasteiger partial charge in [0.15, 0.2) is 0 Å². The number of unbranched alkanes of at least 4 members (excludes halogenated alkanes) is 1. The molecule has 5 heteroatoms. The van der Waals surface area contributed by atoms with Crippen molar-refractivity contribution in [3.05, 3.63) is 35.6 Å². The molecule has 2 fully saturated rings. The second-order valence-electron chi connectivity index (χ2n) is 6.93. The van der Waals surface area contributed by atoms with E-state index in [1.807, 2.05) is 6.07 Å². The predicted molar refractivity (Wildman–Crippen MR) is 89.9 cm³/mol. The van der Waals surface area contributed by atoms with Gasteiger partial charge in [-0.3, -0.25) is 9.59 Å². The zero-order valence-electron chi connectivity index (χ0n) is 14.1. The van der Waals surface area contributed by atoms with Crippen LogP contribution in [0.25, 0.3) is 0 Å². The molecule has 1 aliphatic heterocycles. The Hall–Kier alpha value is -1.91. The van der Waals surface area contributed by atoms with Crippen molar-refractivity contribution >= 4 is 11.8 Å². The molecule has 1 saturated heterocycles. The van der Waals surface area contributed by atoms with E-state index < -0.39 is 0 Å². The van der Waals surface area contributed by atoms with E-state index in [0.29, 0.717) is 19.6 Å². The van der Waals surface area contributed by atoms with Crippen LogP contribution in [0, 0.1) is 17.7 Å². The van der Waals surface area contributed by atoms with Gasteiger partial charge in [-0.2, -0.15) is 0 Å². The smallest absolute Gasteiger partial charge is 0.225 e. The van der Waals surface area contributed by atoms with E-state index in [1.54, 1.807) is 11.0 Å². The van der Waals surface area contributed by atoms with Gasteiger partial charge in [-0.15, -0.1) is 0 Å². The first kappa shape index (κ1) is 16.9. The van der Waals surface area contributed by atoms with Gasteiger partial charge in [0.05, 0.1) is 5.92 Å². The van der Waals surface area contributed by atoms with E-state index in [2.05, 4.69) is 12.2 Å². The molecule has 130 valence electrons. The van der Waals surface area contributed by atoms with Crippen LogP contribution in [-0.2, 0) is 9.59 Å². The van der Waals surface area contributed by atoms with Crippen molar-refractivity contribution in [2.75, 3.05) is 19.6 Å². The highest BCUT2D eigenvalue weighted by Gasteiger charge is 2.43. The van der Waals surface area contributed by atoms with Crippen LogP contribution in [0.5, 0.6) is 0 Å². The number of hydrogen-bond donors (Lipinski definition) is 1. The third-order valence-electron chi connectivity index (χ3n) is 5.00. The van der Waals surface area contributed by atoms with Crippen LogP contribution in [0.1, 0.15) is 44.1 Å². The maximum atomic E-state index is 13.6. The highest BCUT2D eigenvalue weighted by atomic mass is 19.1. The monoisotopic (exact) mass is 332 g/mol. The van der Waals surface area contributed by atoms with Crippen LogP contribution in [0.4, 0.5) is 4.39 Å². The summed E-state index contributed by atoms with van der Waals surface area (Å²) < 4.78 is 13.6. The van der Waals surface area contributed by atoms with E-state index in [4.69, 9.17) is 0 Å². The molecule has 0 spiro atoms. The fourth-order valence-corrected chi connectivity index (χ4v) is 3.43. The number of nitrogens with one attached hydrogen (secondary N) is 1. The van der Waals surface area contributed by atoms with Crippen molar-refractivity contribution in [2.24, 2.45) is 11.8 Å². The molecule has 0 unspecified atom stereocenters. The number of benzene rings is 1. The molecule has 2 amide bonds. The van der Waals surface area contributed by atoms with Crippen LogP contribution in [0.2, 0.25) is 0 Å². The summed E-state index contributed by atoms with van der Waals surface area (Å²) in [5.74, 6) is -0.467. The van der Waals surface area contributed by atoms with Gasteiger partial charge in [-0.1, -0.05) is 25.5 Å². The van der Waals surface area contributed by atoms with Crippen LogP contribution in [-0.4, -0.2) is 36.3 Å². The molecule has 1 aromatic carbocycles. The predicted octanol–water partition coefficient (Wildman–Crippen LogP) is 2.69. The number of likely N-dealkylation sites (tertiary alicyclic amines) is 1. The van der Waals surface area contributed by atoms with Crippen molar-refractivity contribution in [2.45, 2.75) is 38.5 Å². The lowest BCUT2D eigenvalue weighted by molar-refractivity contribution is -0.132. The summed E-state index contributed by atoms with van der Waals surface area (Å²) in [6.07, 6.45) is 3.86. The topological polar surface area (TPSA) is 49.4 Å². The number of nitrogens with zero attached hydrogens (tertiary/aromatic N) is 1. The minimum Gasteiger partial charge on any atom is -0.356 e. The molecule has 2 aliphatic rings. The minimum absolute atomic E-state index is 0.0243. The molecular formula is C19H25FN2O2. The lowest BCUT2D eigenvalue weighted by Crippen LogP contribution is -2.36. The van der Waals surface area contributed by atoms with Gasteiger partial charge in [-0.25, -0.2) is 4.39 Å². The van der Waals surface area contributed by atoms with Gasteiger partial charge in [0.1, 0.15) is 5.82 Å². The van der Waals surface area contributed by atoms with Gasteiger partial charge in [-0.05, 0) is 37.0 Å². The minimum atomic E-state index is -0.301. The van der Waals surface area contributed by atoms with E-state index in [1.165, 1.54) is 12.1 Å². The van der Waals surface area contributed by atoms with Crippen LogP contribution in [0.15, 0.2) is 24.3 Å². The largest absolute Gasteiger partial charge is 0.356 e. The van der Waals surface area contributed by atoms with Gasteiger partial charge in [0.2, 0.25) is 11.8 Å². The fourth-order valence-electron chi connectivity index (χ4n) is 3.43. The first-order valence-electron chi connectivity index (χ1n) is 8.92. The first-order chi connectivity index (χ1) is 11.6. The number of rotatable bonds is 6. The molecule has 1 aromatic rings. The van der Waals surface area contributed by atoms with Crippen molar-refractivity contribution in [1.82, 2.24) is 10.2 Å². The standard InChI is InChI=1S/C19H25FN2O2/c1-2-3-9-21-18(23)17-12-22(19(24)13-7-8-13)11-16(17)14-5-4-6-15(20)10-14/h4-6,10,13,16-17H,2-3,7-9,11-12H2,1H3,(H,21,23)/t16-,17-/m1/s1. The van der Waals surface area contributed by atoms with Gasteiger partial charge in [0.25, 0.3) is 0 Å². The summed E-state index contributed by atoms with van der Waals surface area (Å²) in [5.41, 5.74) is 0.803. The Morgan fingerprint density at radius 2 is 2.08 bits per heavy atom. The van der Waals surface area contributed by atoms with Gasteiger partial charge < -0.3 is 10.2 Å². The molecule has 3 rings (SSSR count). The van der Waals surface area contributed by atoms with Crippen molar-refractivity contribution in [1.29, 1.82) is 0 Å². The number of halogens is 1. The summed E-state index contributed by atoms with van der Waals surface area (Å²) in [5, 5.41) is 2.97. The molecule has 0 radical (unpaired) electrons. The molecule has 1 N–H and O–H groups in total. The van der Waals surface area contributed by atoms with Crippen molar-refractivity contribution in [3.8, 4) is 0 Å². The van der Waals surface area contributed by atoms with E-state index >= 15 is 0 Å². The lowest BCUT2D eigenvalue weighted by Gasteiger charge is -2.18. The third kappa shape index (κ3) is 3.77. The Balaban J connectivity index is 1.76. The number of carbonyl (C=O) groups excluding carboxylic acids is 2. The second kappa shape index (κ2) is 7.32.